The summed E-state index contributed by atoms with van der Waals surface area (Å²) in [5, 5.41) is 27.0. The van der Waals surface area contributed by atoms with Crippen molar-refractivity contribution in [3.8, 4) is 0 Å². The highest BCUT2D eigenvalue weighted by Gasteiger charge is 2.02. The van der Waals surface area contributed by atoms with Crippen LogP contribution < -0.4 is 5.43 Å². The number of hydrazone groups is 1. The summed E-state index contributed by atoms with van der Waals surface area (Å²) in [6.45, 7) is 0. The van der Waals surface area contributed by atoms with Gasteiger partial charge in [-0.2, -0.15) is 5.10 Å². The Morgan fingerprint density at radius 2 is 2.18 bits per heavy atom. The molecule has 1 aromatic heterocycles. The second-order valence-corrected chi connectivity index (χ2v) is 2.97. The van der Waals surface area contributed by atoms with Crippen molar-refractivity contribution >= 4 is 17.9 Å². The average Bonchev–Trinajstić information content (AvgIpc) is 2.83. The van der Waals surface area contributed by atoms with Crippen LogP contribution in [0.25, 0.3) is 0 Å². The van der Waals surface area contributed by atoms with Gasteiger partial charge in [-0.15, -0.1) is 0 Å². The van der Waals surface area contributed by atoms with E-state index < -0.39 is 4.92 Å². The smallest absolute Gasteiger partial charge is 0.258 e. The summed E-state index contributed by atoms with van der Waals surface area (Å²) in [5.41, 5.74) is 3.31. The van der Waals surface area contributed by atoms with Gasteiger partial charge in [0.15, 0.2) is 0 Å². The summed E-state index contributed by atoms with van der Waals surface area (Å²) < 4.78 is 0. The number of hydrogen-bond donors (Lipinski definition) is 2. The van der Waals surface area contributed by atoms with Crippen molar-refractivity contribution in [1.82, 2.24) is 20.6 Å². The van der Waals surface area contributed by atoms with E-state index in [2.05, 4.69) is 31.2 Å². The summed E-state index contributed by atoms with van der Waals surface area (Å²) in [4.78, 5) is 9.96. The van der Waals surface area contributed by atoms with Crippen molar-refractivity contribution in [2.75, 3.05) is 5.43 Å². The summed E-state index contributed by atoms with van der Waals surface area (Å²) in [6, 6.07) is 5.97. The van der Waals surface area contributed by atoms with Crippen molar-refractivity contribution in [3.63, 3.8) is 0 Å². The van der Waals surface area contributed by atoms with Gasteiger partial charge in [0.2, 0.25) is 0 Å². The lowest BCUT2D eigenvalue weighted by atomic mass is 10.2. The average molecular weight is 233 g/mol. The molecule has 0 aliphatic carbocycles. The van der Waals surface area contributed by atoms with Crippen LogP contribution in [0.15, 0.2) is 29.4 Å². The molecule has 1 heterocycles. The number of aromatic nitrogens is 4. The van der Waals surface area contributed by atoms with Gasteiger partial charge in [0.25, 0.3) is 11.6 Å². The number of aromatic amines is 1. The van der Waals surface area contributed by atoms with Crippen molar-refractivity contribution in [3.05, 3.63) is 39.9 Å². The number of anilines is 1. The zero-order valence-corrected chi connectivity index (χ0v) is 8.44. The van der Waals surface area contributed by atoms with Crippen LogP contribution in [0.3, 0.4) is 0 Å². The van der Waals surface area contributed by atoms with Gasteiger partial charge in [0.1, 0.15) is 0 Å². The number of benzene rings is 1. The summed E-state index contributed by atoms with van der Waals surface area (Å²) >= 11 is 0. The molecule has 0 unspecified atom stereocenters. The maximum Gasteiger partial charge on any atom is 0.269 e. The fraction of sp³-hybridized carbons (Fsp3) is 0. The molecule has 0 atom stereocenters. The van der Waals surface area contributed by atoms with E-state index in [1.54, 1.807) is 12.1 Å². The van der Waals surface area contributed by atoms with E-state index in [-0.39, 0.29) is 5.69 Å². The van der Waals surface area contributed by atoms with Gasteiger partial charge in [-0.25, -0.2) is 10.5 Å². The van der Waals surface area contributed by atoms with Gasteiger partial charge < -0.3 is 0 Å². The lowest BCUT2D eigenvalue weighted by molar-refractivity contribution is -0.384. The van der Waals surface area contributed by atoms with Crippen molar-refractivity contribution in [2.45, 2.75) is 0 Å². The number of rotatable bonds is 4. The van der Waals surface area contributed by atoms with Crippen LogP contribution in [0.2, 0.25) is 0 Å². The van der Waals surface area contributed by atoms with Gasteiger partial charge >= 0.3 is 0 Å². The molecule has 0 amide bonds. The Balaban J connectivity index is 1.99. The zero-order valence-electron chi connectivity index (χ0n) is 8.44. The number of tetrazole rings is 1. The number of nitrogens with zero attached hydrogens (tertiary/aromatic N) is 5. The Hall–Kier alpha value is -2.84. The molecule has 86 valence electrons. The number of nitro groups is 1. The van der Waals surface area contributed by atoms with Crippen molar-refractivity contribution in [1.29, 1.82) is 0 Å². The van der Waals surface area contributed by atoms with Crippen LogP contribution in [-0.4, -0.2) is 31.8 Å². The number of nitrogens with one attached hydrogen (secondary N) is 2. The third kappa shape index (κ3) is 2.81. The lowest BCUT2D eigenvalue weighted by Gasteiger charge is -1.93. The Morgan fingerprint density at radius 3 is 2.76 bits per heavy atom. The molecule has 2 rings (SSSR count). The van der Waals surface area contributed by atoms with Crippen LogP contribution in [-0.2, 0) is 0 Å². The predicted octanol–water partition coefficient (Wildman–Crippen LogP) is 0.554. The first kappa shape index (κ1) is 10.7. The van der Waals surface area contributed by atoms with E-state index in [0.717, 1.165) is 5.56 Å². The molecular weight excluding hydrogens is 226 g/mol. The molecule has 0 radical (unpaired) electrons. The Kier molecular flexibility index (Phi) is 3.01. The Labute approximate surface area is 94.7 Å². The minimum absolute atomic E-state index is 0.0366. The monoisotopic (exact) mass is 233 g/mol. The molecule has 0 aliphatic heterocycles. The third-order valence-corrected chi connectivity index (χ3v) is 1.83. The molecule has 0 fully saturated rings. The van der Waals surface area contributed by atoms with Crippen molar-refractivity contribution < 1.29 is 4.92 Å². The van der Waals surface area contributed by atoms with Gasteiger partial charge in [0.05, 0.1) is 11.1 Å². The van der Waals surface area contributed by atoms with E-state index in [1.807, 2.05) is 0 Å². The maximum absolute atomic E-state index is 10.4. The van der Waals surface area contributed by atoms with Gasteiger partial charge in [-0.1, -0.05) is 5.10 Å². The minimum Gasteiger partial charge on any atom is -0.258 e. The molecule has 2 aromatic rings. The number of H-pyrrole nitrogens is 1. The molecular formula is C8H7N7O2. The Bertz CT molecular complexity index is 519. The molecule has 1 aromatic carbocycles. The number of nitro benzene ring substituents is 1. The van der Waals surface area contributed by atoms with E-state index in [9.17, 15) is 10.1 Å². The van der Waals surface area contributed by atoms with Gasteiger partial charge in [-0.05, 0) is 28.1 Å². The fourth-order valence-electron chi connectivity index (χ4n) is 1.06. The zero-order chi connectivity index (χ0) is 12.1. The normalized spacial score (nSPS) is 10.6. The molecule has 9 heteroatoms. The standard InChI is InChI=1S/C8H7N7O2/c16-15(17)7-3-1-6(2-4-7)5-9-10-8-11-13-14-12-8/h1-5H,(H2,10,11,12,13,14)/b9-5+. The second kappa shape index (κ2) is 4.79. The van der Waals surface area contributed by atoms with E-state index >= 15 is 0 Å². The molecule has 0 saturated heterocycles. The third-order valence-electron chi connectivity index (χ3n) is 1.83. The highest BCUT2D eigenvalue weighted by atomic mass is 16.6. The van der Waals surface area contributed by atoms with Crippen LogP contribution in [0, 0.1) is 10.1 Å². The maximum atomic E-state index is 10.4. The SMILES string of the molecule is O=[N+]([O-])c1ccc(/C=N/Nc2nnn[nH]2)cc1. The van der Waals surface area contributed by atoms with Gasteiger partial charge in [-0.3, -0.25) is 10.1 Å². The molecule has 2 N–H and O–H groups in total. The van der Waals surface area contributed by atoms with Crippen LogP contribution in [0.4, 0.5) is 11.6 Å². The summed E-state index contributed by atoms with van der Waals surface area (Å²) in [7, 11) is 0. The van der Waals surface area contributed by atoms with Crippen LogP contribution >= 0.6 is 0 Å². The summed E-state index contributed by atoms with van der Waals surface area (Å²) in [6.07, 6.45) is 1.49. The van der Waals surface area contributed by atoms with E-state index in [1.165, 1.54) is 18.3 Å². The van der Waals surface area contributed by atoms with E-state index in [4.69, 9.17) is 0 Å². The fourth-order valence-corrected chi connectivity index (χ4v) is 1.06. The van der Waals surface area contributed by atoms with Crippen molar-refractivity contribution in [2.24, 2.45) is 5.10 Å². The highest BCUT2D eigenvalue weighted by molar-refractivity contribution is 5.80. The lowest BCUT2D eigenvalue weighted by Crippen LogP contribution is -1.93. The molecule has 9 nitrogen and oxygen atoms in total. The largest absolute Gasteiger partial charge is 0.269 e. The first-order chi connectivity index (χ1) is 8.25. The van der Waals surface area contributed by atoms with Crippen LogP contribution in [0.1, 0.15) is 5.56 Å². The predicted molar refractivity (Wildman–Crippen MR) is 58.5 cm³/mol. The van der Waals surface area contributed by atoms with E-state index in [0.29, 0.717) is 5.95 Å². The first-order valence-corrected chi connectivity index (χ1v) is 4.53. The van der Waals surface area contributed by atoms with Crippen LogP contribution in [0.5, 0.6) is 0 Å². The molecule has 0 bridgehead atoms. The van der Waals surface area contributed by atoms with Gasteiger partial charge in [0, 0.05) is 12.1 Å². The molecule has 17 heavy (non-hydrogen) atoms. The molecule has 0 spiro atoms. The first-order valence-electron chi connectivity index (χ1n) is 4.53. The topological polar surface area (TPSA) is 122 Å². The minimum atomic E-state index is -0.459. The number of hydrogen-bond acceptors (Lipinski definition) is 7. The Morgan fingerprint density at radius 1 is 1.41 bits per heavy atom. The highest BCUT2D eigenvalue weighted by Crippen LogP contribution is 2.10. The molecule has 0 saturated carbocycles. The number of non-ortho nitro benzene ring substituents is 1. The summed E-state index contributed by atoms with van der Waals surface area (Å²) in [5.74, 6) is 0.308. The quantitative estimate of drug-likeness (QED) is 0.451. The molecule has 0 aliphatic rings. The second-order valence-electron chi connectivity index (χ2n) is 2.97.